The highest BCUT2D eigenvalue weighted by Gasteiger charge is 2.01. The van der Waals surface area contributed by atoms with E-state index in [-0.39, 0.29) is 5.78 Å². The number of aryl methyl sites for hydroxylation is 1. The Morgan fingerprint density at radius 2 is 2.50 bits per heavy atom. The number of rotatable bonds is 4. The summed E-state index contributed by atoms with van der Waals surface area (Å²) >= 11 is 1.43. The maximum Gasteiger partial charge on any atom is 0.197 e. The number of thiophene rings is 1. The van der Waals surface area contributed by atoms with Crippen LogP contribution in [-0.4, -0.2) is 16.0 Å². The largest absolute Gasteiger partial charge is 0.345 e. The van der Waals surface area contributed by atoms with Gasteiger partial charge in [0.2, 0.25) is 0 Å². The van der Waals surface area contributed by atoms with Gasteiger partial charge in [0.05, 0.1) is 4.88 Å². The van der Waals surface area contributed by atoms with E-state index in [0.717, 1.165) is 10.6 Å². The van der Waals surface area contributed by atoms with Crippen LogP contribution in [0.15, 0.2) is 35.9 Å². The lowest BCUT2D eigenvalue weighted by Gasteiger charge is -1.92. The number of aromatic nitrogens is 2. The van der Waals surface area contributed by atoms with Crippen molar-refractivity contribution in [2.75, 3.05) is 5.32 Å². The fourth-order valence-corrected chi connectivity index (χ4v) is 1.84. The van der Waals surface area contributed by atoms with Crippen LogP contribution >= 0.6 is 11.3 Å². The van der Waals surface area contributed by atoms with Gasteiger partial charge in [0.1, 0.15) is 0 Å². The van der Waals surface area contributed by atoms with Crippen LogP contribution in [0, 0.1) is 6.92 Å². The summed E-state index contributed by atoms with van der Waals surface area (Å²) in [5, 5.41) is 11.6. The van der Waals surface area contributed by atoms with E-state index in [9.17, 15) is 4.79 Å². The molecule has 82 valence electrons. The molecule has 0 fully saturated rings. The van der Waals surface area contributed by atoms with Crippen LogP contribution in [0.2, 0.25) is 0 Å². The Bertz CT molecular complexity index is 499. The lowest BCUT2D eigenvalue weighted by molar-refractivity contribution is 0.105. The van der Waals surface area contributed by atoms with E-state index in [1.165, 1.54) is 17.4 Å². The van der Waals surface area contributed by atoms with Gasteiger partial charge in [0.15, 0.2) is 11.6 Å². The molecular weight excluding hydrogens is 222 g/mol. The van der Waals surface area contributed by atoms with E-state index in [0.29, 0.717) is 5.82 Å². The summed E-state index contributed by atoms with van der Waals surface area (Å²) in [6.45, 7) is 1.92. The van der Waals surface area contributed by atoms with E-state index in [4.69, 9.17) is 0 Å². The van der Waals surface area contributed by atoms with Crippen LogP contribution in [-0.2, 0) is 0 Å². The van der Waals surface area contributed by atoms with Gasteiger partial charge in [-0.05, 0) is 18.4 Å². The number of carbonyl (C=O) groups is 1. The molecule has 0 bridgehead atoms. The summed E-state index contributed by atoms with van der Waals surface area (Å²) in [5.41, 5.74) is 0.973. The second kappa shape index (κ2) is 4.76. The standard InChI is InChI=1S/C11H11N3OS/c1-8-7-11(14-13-8)12-5-4-9(15)10-3-2-6-16-10/h2-7H,1H3,(H2,12,13,14)/b5-4+. The number of H-pyrrole nitrogens is 1. The first-order valence-corrected chi connectivity index (χ1v) is 5.66. The predicted octanol–water partition coefficient (Wildman–Crippen LogP) is 2.59. The minimum absolute atomic E-state index is 0.00485. The molecule has 0 spiro atoms. The zero-order valence-electron chi connectivity index (χ0n) is 8.73. The first kappa shape index (κ1) is 10.6. The SMILES string of the molecule is Cc1cc(N/C=C/C(=O)c2cccs2)n[nH]1. The summed E-state index contributed by atoms with van der Waals surface area (Å²) in [7, 11) is 0. The quantitative estimate of drug-likeness (QED) is 0.630. The first-order chi connectivity index (χ1) is 7.75. The van der Waals surface area contributed by atoms with Gasteiger partial charge >= 0.3 is 0 Å². The van der Waals surface area contributed by atoms with E-state index in [1.54, 1.807) is 12.3 Å². The molecule has 0 unspecified atom stereocenters. The van der Waals surface area contributed by atoms with Crippen LogP contribution in [0.1, 0.15) is 15.4 Å². The maximum atomic E-state index is 11.6. The molecule has 2 N–H and O–H groups in total. The number of hydrogen-bond acceptors (Lipinski definition) is 4. The lowest BCUT2D eigenvalue weighted by Crippen LogP contribution is -1.93. The minimum atomic E-state index is -0.00485. The number of ketones is 1. The Morgan fingerprint density at radius 1 is 1.62 bits per heavy atom. The highest BCUT2D eigenvalue weighted by molar-refractivity contribution is 7.12. The summed E-state index contributed by atoms with van der Waals surface area (Å²) < 4.78 is 0. The lowest BCUT2D eigenvalue weighted by atomic mass is 10.3. The molecular formula is C11H11N3OS. The number of carbonyl (C=O) groups excluding carboxylic acids is 1. The van der Waals surface area contributed by atoms with Crippen molar-refractivity contribution < 1.29 is 4.79 Å². The number of aromatic amines is 1. The molecule has 0 amide bonds. The second-order valence-corrected chi connectivity index (χ2v) is 4.20. The number of anilines is 1. The third kappa shape index (κ3) is 2.58. The Labute approximate surface area is 97.0 Å². The van der Waals surface area contributed by atoms with Gasteiger partial charge in [0.25, 0.3) is 0 Å². The van der Waals surface area contributed by atoms with Crippen LogP contribution in [0.4, 0.5) is 5.82 Å². The van der Waals surface area contributed by atoms with E-state index >= 15 is 0 Å². The molecule has 4 nitrogen and oxygen atoms in total. The Kier molecular flexibility index (Phi) is 3.16. The van der Waals surface area contributed by atoms with Gasteiger partial charge in [-0.3, -0.25) is 9.89 Å². The molecule has 2 heterocycles. The van der Waals surface area contributed by atoms with Gasteiger partial charge in [-0.2, -0.15) is 5.10 Å². The molecule has 2 aromatic rings. The predicted molar refractivity (Wildman–Crippen MR) is 64.7 cm³/mol. The van der Waals surface area contributed by atoms with Gasteiger partial charge in [-0.15, -0.1) is 11.3 Å². The van der Waals surface area contributed by atoms with Gasteiger partial charge in [-0.1, -0.05) is 6.07 Å². The van der Waals surface area contributed by atoms with E-state index in [1.807, 2.05) is 24.4 Å². The third-order valence-corrected chi connectivity index (χ3v) is 2.82. The van der Waals surface area contributed by atoms with Crippen molar-refractivity contribution in [1.29, 1.82) is 0 Å². The molecule has 0 radical (unpaired) electrons. The first-order valence-electron chi connectivity index (χ1n) is 4.78. The molecule has 2 rings (SSSR count). The summed E-state index contributed by atoms with van der Waals surface area (Å²) in [6, 6.07) is 5.52. The van der Waals surface area contributed by atoms with E-state index in [2.05, 4.69) is 15.5 Å². The molecule has 0 aromatic carbocycles. The zero-order chi connectivity index (χ0) is 11.4. The molecule has 5 heteroatoms. The minimum Gasteiger partial charge on any atom is -0.345 e. The Morgan fingerprint density at radius 3 is 3.12 bits per heavy atom. The molecule has 0 aliphatic rings. The van der Waals surface area contributed by atoms with Crippen molar-refractivity contribution >= 4 is 22.9 Å². The average Bonchev–Trinajstić information content (AvgIpc) is 2.89. The van der Waals surface area contributed by atoms with E-state index < -0.39 is 0 Å². The van der Waals surface area contributed by atoms with Crippen molar-refractivity contribution in [3.8, 4) is 0 Å². The molecule has 16 heavy (non-hydrogen) atoms. The summed E-state index contributed by atoms with van der Waals surface area (Å²) in [5.74, 6) is 0.697. The second-order valence-electron chi connectivity index (χ2n) is 3.26. The van der Waals surface area contributed by atoms with Crippen LogP contribution in [0.5, 0.6) is 0 Å². The van der Waals surface area contributed by atoms with Gasteiger partial charge in [-0.25, -0.2) is 0 Å². The fraction of sp³-hybridized carbons (Fsp3) is 0.0909. The molecule has 0 atom stereocenters. The van der Waals surface area contributed by atoms with Gasteiger partial charge < -0.3 is 5.32 Å². The highest BCUT2D eigenvalue weighted by Crippen LogP contribution is 2.10. The molecule has 2 aromatic heterocycles. The average molecular weight is 233 g/mol. The Balaban J connectivity index is 1.93. The number of allylic oxidation sites excluding steroid dienone is 1. The normalized spacial score (nSPS) is 10.8. The fourth-order valence-electron chi connectivity index (χ4n) is 1.20. The van der Waals surface area contributed by atoms with Crippen molar-refractivity contribution in [3.63, 3.8) is 0 Å². The maximum absolute atomic E-state index is 11.6. The van der Waals surface area contributed by atoms with Crippen molar-refractivity contribution in [1.82, 2.24) is 10.2 Å². The topological polar surface area (TPSA) is 57.8 Å². The number of nitrogens with zero attached hydrogens (tertiary/aromatic N) is 1. The molecule has 0 aliphatic carbocycles. The third-order valence-electron chi connectivity index (χ3n) is 1.94. The number of hydrogen-bond donors (Lipinski definition) is 2. The van der Waals surface area contributed by atoms with Crippen LogP contribution in [0.3, 0.4) is 0 Å². The summed E-state index contributed by atoms with van der Waals surface area (Å²) in [6.07, 6.45) is 3.09. The van der Waals surface area contributed by atoms with Crippen molar-refractivity contribution in [2.24, 2.45) is 0 Å². The van der Waals surface area contributed by atoms with Gasteiger partial charge in [0, 0.05) is 24.0 Å². The molecule has 0 aliphatic heterocycles. The monoisotopic (exact) mass is 233 g/mol. The zero-order valence-corrected chi connectivity index (χ0v) is 9.54. The summed E-state index contributed by atoms with van der Waals surface area (Å²) in [4.78, 5) is 12.3. The highest BCUT2D eigenvalue weighted by atomic mass is 32.1. The van der Waals surface area contributed by atoms with Crippen molar-refractivity contribution in [3.05, 3.63) is 46.4 Å². The Hall–Kier alpha value is -1.88. The van der Waals surface area contributed by atoms with Crippen LogP contribution in [0.25, 0.3) is 0 Å². The van der Waals surface area contributed by atoms with Crippen molar-refractivity contribution in [2.45, 2.75) is 6.92 Å². The molecule has 0 saturated heterocycles. The number of nitrogens with one attached hydrogen (secondary N) is 2. The van der Waals surface area contributed by atoms with Crippen LogP contribution < -0.4 is 5.32 Å². The molecule has 0 saturated carbocycles. The smallest absolute Gasteiger partial charge is 0.197 e.